The lowest BCUT2D eigenvalue weighted by Gasteiger charge is -2.23. The van der Waals surface area contributed by atoms with Crippen LogP contribution in [0.25, 0.3) is 11.1 Å². The Balaban J connectivity index is 1.95. The van der Waals surface area contributed by atoms with Crippen molar-refractivity contribution in [2.24, 2.45) is 0 Å². The second-order valence-corrected chi connectivity index (χ2v) is 5.66. The fourth-order valence-corrected chi connectivity index (χ4v) is 3.04. The van der Waals surface area contributed by atoms with Gasteiger partial charge in [-0.05, 0) is 43.6 Å². The molecule has 0 radical (unpaired) electrons. The number of fused-ring (bicyclic) bond motifs is 1. The fraction of sp³-hybridized carbons (Fsp3) is 0.462. The zero-order valence-corrected chi connectivity index (χ0v) is 11.7. The number of likely N-dealkylation sites (tertiary alicyclic amines) is 1. The molecule has 0 saturated carbocycles. The third-order valence-electron chi connectivity index (χ3n) is 3.57. The first-order valence-corrected chi connectivity index (χ1v) is 7.15. The first-order valence-electron chi connectivity index (χ1n) is 6.36. The normalized spacial score (nSPS) is 17.4. The van der Waals surface area contributed by atoms with Crippen LogP contribution in [0.3, 0.4) is 0 Å². The molecule has 2 heterocycles. The van der Waals surface area contributed by atoms with Gasteiger partial charge in [0.15, 0.2) is 12.3 Å². The van der Waals surface area contributed by atoms with Gasteiger partial charge < -0.3 is 9.32 Å². The average molecular weight is 284 g/mol. The fourth-order valence-electron chi connectivity index (χ4n) is 2.62. The third kappa shape index (κ3) is 2.32. The molecule has 1 fully saturated rings. The van der Waals surface area contributed by atoms with Gasteiger partial charge in [-0.25, -0.2) is 0 Å². The lowest BCUT2D eigenvalue weighted by atomic mass is 10.1. The minimum absolute atomic E-state index is 0.547. The van der Waals surface area contributed by atoms with Gasteiger partial charge in [0.1, 0.15) is 0 Å². The smallest absolute Gasteiger partial charge is 0.274 e. The Kier molecular flexibility index (Phi) is 3.41. The number of halogens is 1. The topological polar surface area (TPSA) is 22.5 Å². The van der Waals surface area contributed by atoms with E-state index in [0.29, 0.717) is 9.86 Å². The number of oxazole rings is 1. The van der Waals surface area contributed by atoms with Gasteiger partial charge in [-0.15, -0.1) is 0 Å². The summed E-state index contributed by atoms with van der Waals surface area (Å²) < 4.78 is 7.69. The maximum atomic E-state index is 5.96. The van der Waals surface area contributed by atoms with Gasteiger partial charge >= 0.3 is 0 Å². The molecule has 1 aliphatic rings. The summed E-state index contributed by atoms with van der Waals surface area (Å²) in [6.45, 7) is 3.34. The van der Waals surface area contributed by atoms with Crippen molar-refractivity contribution < 1.29 is 9.32 Å². The van der Waals surface area contributed by atoms with Crippen LogP contribution in [0.4, 0.5) is 0 Å². The molecule has 0 spiro atoms. The summed E-state index contributed by atoms with van der Waals surface area (Å²) in [4.78, 5) is 2.13. The highest BCUT2D eigenvalue weighted by Gasteiger charge is 2.16. The quantitative estimate of drug-likeness (QED) is 0.856. The largest absolute Gasteiger partial charge is 0.429 e. The molecule has 1 aromatic heterocycles. The van der Waals surface area contributed by atoms with Crippen molar-refractivity contribution in [2.45, 2.75) is 25.9 Å². The molecule has 96 valence electrons. The molecular weight excluding hydrogens is 268 g/mol. The molecule has 18 heavy (non-hydrogen) atoms. The molecule has 0 aliphatic carbocycles. The van der Waals surface area contributed by atoms with Crippen LogP contribution in [0.15, 0.2) is 22.6 Å². The third-order valence-corrected chi connectivity index (χ3v) is 4.11. The van der Waals surface area contributed by atoms with E-state index in [2.05, 4.69) is 4.57 Å². The van der Waals surface area contributed by atoms with Crippen molar-refractivity contribution in [1.82, 2.24) is 4.57 Å². The number of piperidine rings is 1. The Morgan fingerprint density at radius 3 is 2.83 bits per heavy atom. The number of benzene rings is 1. The van der Waals surface area contributed by atoms with Crippen molar-refractivity contribution in [1.29, 1.82) is 0 Å². The van der Waals surface area contributed by atoms with E-state index in [1.165, 1.54) is 32.4 Å². The molecule has 5 heteroatoms. The lowest BCUT2D eigenvalue weighted by Crippen LogP contribution is -3.12. The summed E-state index contributed by atoms with van der Waals surface area (Å²) in [5.74, 6) is 0. The molecule has 0 bridgehead atoms. The van der Waals surface area contributed by atoms with Crippen molar-refractivity contribution in [3.05, 3.63) is 28.1 Å². The number of nitrogens with one attached hydrogen (secondary N) is 1. The molecule has 1 aromatic carbocycles. The van der Waals surface area contributed by atoms with Gasteiger partial charge in [0, 0.05) is 11.1 Å². The van der Waals surface area contributed by atoms with Crippen LogP contribution in [0.2, 0.25) is 5.02 Å². The molecule has 1 saturated heterocycles. The summed E-state index contributed by atoms with van der Waals surface area (Å²) >= 11 is 11.3. The Morgan fingerprint density at radius 2 is 2.06 bits per heavy atom. The number of nitrogens with zero attached hydrogens (tertiary/aromatic N) is 1. The molecule has 0 unspecified atom stereocenters. The number of hydrogen-bond acceptors (Lipinski definition) is 2. The maximum Gasteiger partial charge on any atom is 0.274 e. The molecule has 0 amide bonds. The van der Waals surface area contributed by atoms with Crippen molar-refractivity contribution in [3.63, 3.8) is 0 Å². The van der Waals surface area contributed by atoms with Crippen LogP contribution in [0, 0.1) is 4.84 Å². The Labute approximate surface area is 116 Å². The van der Waals surface area contributed by atoms with E-state index in [1.54, 1.807) is 4.90 Å². The van der Waals surface area contributed by atoms with Crippen molar-refractivity contribution >= 4 is 34.9 Å². The Hall–Kier alpha value is -0.840. The second kappa shape index (κ2) is 5.03. The summed E-state index contributed by atoms with van der Waals surface area (Å²) in [6.07, 6.45) is 3.98. The van der Waals surface area contributed by atoms with Crippen LogP contribution < -0.4 is 4.90 Å². The predicted octanol–water partition coefficient (Wildman–Crippen LogP) is 2.64. The van der Waals surface area contributed by atoms with Crippen LogP contribution in [-0.4, -0.2) is 17.7 Å². The Morgan fingerprint density at radius 1 is 1.28 bits per heavy atom. The minimum atomic E-state index is 0.547. The standard InChI is InChI=1S/C13H15ClN2OS/c14-10-4-5-11-12(8-10)17-13(18)16(11)9-15-6-2-1-3-7-15/h4-5,8H,1-3,6-7,9H2/p+1. The van der Waals surface area contributed by atoms with Gasteiger partial charge in [0.2, 0.25) is 0 Å². The lowest BCUT2D eigenvalue weighted by molar-refractivity contribution is -0.927. The Bertz CT molecular complexity index is 613. The zero-order valence-electron chi connectivity index (χ0n) is 10.1. The van der Waals surface area contributed by atoms with Gasteiger partial charge in [-0.2, -0.15) is 0 Å². The van der Waals surface area contributed by atoms with Crippen LogP contribution in [0.1, 0.15) is 19.3 Å². The highest BCUT2D eigenvalue weighted by atomic mass is 35.5. The van der Waals surface area contributed by atoms with E-state index in [4.69, 9.17) is 28.2 Å². The summed E-state index contributed by atoms with van der Waals surface area (Å²) in [7, 11) is 0. The van der Waals surface area contributed by atoms with E-state index in [9.17, 15) is 0 Å². The monoisotopic (exact) mass is 283 g/mol. The van der Waals surface area contributed by atoms with E-state index in [1.807, 2.05) is 18.2 Å². The van der Waals surface area contributed by atoms with Crippen molar-refractivity contribution in [3.8, 4) is 0 Å². The zero-order chi connectivity index (χ0) is 12.5. The van der Waals surface area contributed by atoms with Gasteiger partial charge in [0.05, 0.1) is 18.6 Å². The second-order valence-electron chi connectivity index (χ2n) is 4.88. The minimum Gasteiger partial charge on any atom is -0.429 e. The van der Waals surface area contributed by atoms with Gasteiger partial charge in [0.25, 0.3) is 4.84 Å². The molecule has 3 rings (SSSR count). The summed E-state index contributed by atoms with van der Waals surface area (Å²) in [5.41, 5.74) is 1.83. The molecule has 2 aromatic rings. The van der Waals surface area contributed by atoms with E-state index in [0.717, 1.165) is 17.8 Å². The summed E-state index contributed by atoms with van der Waals surface area (Å²) in [5, 5.41) is 0.684. The average Bonchev–Trinajstić information content (AvgIpc) is 2.66. The number of aromatic nitrogens is 1. The molecule has 0 atom stereocenters. The maximum absolute atomic E-state index is 5.96. The summed E-state index contributed by atoms with van der Waals surface area (Å²) in [6, 6.07) is 5.70. The SMILES string of the molecule is S=c1oc2cc(Cl)ccc2n1C[NH+]1CCCCC1. The highest BCUT2D eigenvalue weighted by molar-refractivity contribution is 7.71. The molecular formula is C13H16ClN2OS+. The van der Waals surface area contributed by atoms with E-state index in [-0.39, 0.29) is 0 Å². The molecule has 3 nitrogen and oxygen atoms in total. The van der Waals surface area contributed by atoms with Gasteiger partial charge in [-0.3, -0.25) is 4.57 Å². The van der Waals surface area contributed by atoms with Crippen LogP contribution in [0.5, 0.6) is 0 Å². The molecule has 1 N–H and O–H groups in total. The van der Waals surface area contributed by atoms with Crippen LogP contribution in [-0.2, 0) is 6.67 Å². The van der Waals surface area contributed by atoms with Gasteiger partial charge in [-0.1, -0.05) is 11.6 Å². The predicted molar refractivity (Wildman–Crippen MR) is 74.6 cm³/mol. The highest BCUT2D eigenvalue weighted by Crippen LogP contribution is 2.21. The number of hydrogen-bond donors (Lipinski definition) is 1. The van der Waals surface area contributed by atoms with E-state index >= 15 is 0 Å². The first-order chi connectivity index (χ1) is 8.74. The number of rotatable bonds is 2. The first kappa shape index (κ1) is 12.2. The van der Waals surface area contributed by atoms with Crippen molar-refractivity contribution in [2.75, 3.05) is 13.1 Å². The van der Waals surface area contributed by atoms with E-state index < -0.39 is 0 Å². The number of quaternary nitrogens is 1. The van der Waals surface area contributed by atoms with Crippen LogP contribution >= 0.6 is 23.8 Å². The molecule has 1 aliphatic heterocycles.